The van der Waals surface area contributed by atoms with Crippen LogP contribution in [0.1, 0.15) is 6.42 Å². The van der Waals surface area contributed by atoms with E-state index < -0.39 is 24.0 Å². The molecule has 0 saturated carbocycles. The third-order valence-electron chi connectivity index (χ3n) is 6.07. The summed E-state index contributed by atoms with van der Waals surface area (Å²) in [6, 6.07) is 9.04. The van der Waals surface area contributed by atoms with Gasteiger partial charge in [0.25, 0.3) is 0 Å². The highest BCUT2D eigenvalue weighted by Gasteiger charge is 2.39. The van der Waals surface area contributed by atoms with Crippen LogP contribution in [0.25, 0.3) is 22.5 Å². The van der Waals surface area contributed by atoms with Crippen LogP contribution in [-0.4, -0.2) is 50.2 Å². The SMILES string of the molecule is Cn1nc(-c2ccc(N3CCC(F)(CF)C3)nc2)nc1Nc1ccc(-c2ccnc(N)c2F)c(F)c1. The summed E-state index contributed by atoms with van der Waals surface area (Å²) in [5.74, 6) is -0.492. The minimum atomic E-state index is -1.83. The van der Waals surface area contributed by atoms with Gasteiger partial charge in [-0.25, -0.2) is 32.2 Å². The summed E-state index contributed by atoms with van der Waals surface area (Å²) in [7, 11) is 1.67. The zero-order chi connectivity index (χ0) is 25.4. The average Bonchev–Trinajstić information content (AvgIpc) is 3.45. The summed E-state index contributed by atoms with van der Waals surface area (Å²) < 4.78 is 57.6. The van der Waals surface area contributed by atoms with E-state index in [4.69, 9.17) is 5.73 Å². The summed E-state index contributed by atoms with van der Waals surface area (Å²) in [5.41, 5.74) is 4.71. The van der Waals surface area contributed by atoms with E-state index in [9.17, 15) is 17.6 Å². The number of nitrogens with zero attached hydrogens (tertiary/aromatic N) is 6. The van der Waals surface area contributed by atoms with Crippen molar-refractivity contribution in [1.29, 1.82) is 0 Å². The molecule has 0 radical (unpaired) electrons. The van der Waals surface area contributed by atoms with Crippen LogP contribution in [-0.2, 0) is 7.05 Å². The van der Waals surface area contributed by atoms with Gasteiger partial charge in [-0.2, -0.15) is 4.98 Å². The van der Waals surface area contributed by atoms with Crippen molar-refractivity contribution < 1.29 is 17.6 Å². The van der Waals surface area contributed by atoms with E-state index >= 15 is 0 Å². The van der Waals surface area contributed by atoms with Gasteiger partial charge in [-0.1, -0.05) is 0 Å². The second-order valence-corrected chi connectivity index (χ2v) is 8.62. The number of nitrogens with two attached hydrogens (primary N) is 1. The maximum Gasteiger partial charge on any atom is 0.225 e. The number of halogens is 4. The van der Waals surface area contributed by atoms with Gasteiger partial charge < -0.3 is 16.0 Å². The molecule has 36 heavy (non-hydrogen) atoms. The Labute approximate surface area is 203 Å². The van der Waals surface area contributed by atoms with E-state index in [0.717, 1.165) is 0 Å². The smallest absolute Gasteiger partial charge is 0.225 e. The van der Waals surface area contributed by atoms with Crippen LogP contribution in [0.2, 0.25) is 0 Å². The Morgan fingerprint density at radius 2 is 1.94 bits per heavy atom. The van der Waals surface area contributed by atoms with E-state index in [1.807, 2.05) is 0 Å². The van der Waals surface area contributed by atoms with Gasteiger partial charge in [-0.05, 0) is 36.4 Å². The van der Waals surface area contributed by atoms with E-state index in [1.54, 1.807) is 36.3 Å². The number of aromatic nitrogens is 5. The number of hydrogen-bond donors (Lipinski definition) is 2. The predicted octanol–water partition coefficient (Wildman–Crippen LogP) is 4.43. The zero-order valence-electron chi connectivity index (χ0n) is 19.2. The molecule has 0 bridgehead atoms. The van der Waals surface area contributed by atoms with Crippen molar-refractivity contribution >= 4 is 23.3 Å². The molecule has 5 rings (SSSR count). The molecule has 3 N–H and O–H groups in total. The molecule has 186 valence electrons. The lowest BCUT2D eigenvalue weighted by Crippen LogP contribution is -2.31. The monoisotopic (exact) mass is 498 g/mol. The third-order valence-corrected chi connectivity index (χ3v) is 6.07. The Hall–Kier alpha value is -4.22. The van der Waals surface area contributed by atoms with Crippen LogP contribution in [0.4, 0.5) is 40.8 Å². The minimum absolute atomic E-state index is 0.0132. The molecular formula is C24H22F4N8. The van der Waals surface area contributed by atoms with Crippen LogP contribution < -0.4 is 16.0 Å². The normalized spacial score (nSPS) is 17.5. The first-order chi connectivity index (χ1) is 17.3. The molecule has 12 heteroatoms. The highest BCUT2D eigenvalue weighted by molar-refractivity contribution is 5.70. The molecule has 0 aliphatic carbocycles. The number of nitrogen functional groups attached to an aromatic ring is 1. The molecular weight excluding hydrogens is 476 g/mol. The number of rotatable bonds is 6. The predicted molar refractivity (Wildman–Crippen MR) is 128 cm³/mol. The summed E-state index contributed by atoms with van der Waals surface area (Å²) in [5, 5.41) is 7.36. The van der Waals surface area contributed by atoms with Gasteiger partial charge in [0.2, 0.25) is 5.95 Å². The van der Waals surface area contributed by atoms with E-state index in [0.29, 0.717) is 35.4 Å². The number of nitrogens with one attached hydrogen (secondary N) is 1. The third kappa shape index (κ3) is 4.41. The van der Waals surface area contributed by atoms with Crippen LogP contribution in [0, 0.1) is 11.6 Å². The van der Waals surface area contributed by atoms with Crippen molar-refractivity contribution in [2.24, 2.45) is 7.05 Å². The molecule has 4 heterocycles. The first-order valence-electron chi connectivity index (χ1n) is 11.1. The van der Waals surface area contributed by atoms with Crippen LogP contribution in [0.3, 0.4) is 0 Å². The van der Waals surface area contributed by atoms with Gasteiger partial charge in [-0.3, -0.25) is 0 Å². The van der Waals surface area contributed by atoms with Gasteiger partial charge in [-0.15, -0.1) is 5.10 Å². The molecule has 1 saturated heterocycles. The Morgan fingerprint density at radius 3 is 2.64 bits per heavy atom. The zero-order valence-corrected chi connectivity index (χ0v) is 19.2. The van der Waals surface area contributed by atoms with Crippen molar-refractivity contribution in [3.63, 3.8) is 0 Å². The lowest BCUT2D eigenvalue weighted by atomic mass is 10.1. The van der Waals surface area contributed by atoms with Crippen molar-refractivity contribution in [1.82, 2.24) is 24.7 Å². The van der Waals surface area contributed by atoms with Crippen LogP contribution in [0.5, 0.6) is 0 Å². The molecule has 1 fully saturated rings. The van der Waals surface area contributed by atoms with Crippen LogP contribution >= 0.6 is 0 Å². The van der Waals surface area contributed by atoms with Gasteiger partial charge in [0.1, 0.15) is 18.3 Å². The highest BCUT2D eigenvalue weighted by atomic mass is 19.2. The standard InChI is InChI=1S/C24H22F4N8/c1-35-23(32-15-3-4-16(18(26)10-15)17-6-8-30-21(29)20(17)27)33-22(34-35)14-2-5-19(31-11-14)36-9-7-24(28,12-25)13-36/h2-6,8,10-11H,7,9,12-13H2,1H3,(H2,29,30)(H,32,33,34). The number of hydrogen-bond acceptors (Lipinski definition) is 7. The molecule has 1 aromatic carbocycles. The van der Waals surface area contributed by atoms with E-state index in [1.165, 1.54) is 29.1 Å². The fourth-order valence-electron chi connectivity index (χ4n) is 4.07. The molecule has 1 atom stereocenters. The number of alkyl halides is 2. The molecule has 4 aromatic rings. The molecule has 1 aliphatic rings. The summed E-state index contributed by atoms with van der Waals surface area (Å²) in [4.78, 5) is 14.2. The quantitative estimate of drug-likeness (QED) is 0.380. The van der Waals surface area contributed by atoms with Crippen molar-refractivity contribution in [3.05, 3.63) is 60.4 Å². The second-order valence-electron chi connectivity index (χ2n) is 8.62. The number of pyridine rings is 2. The molecule has 0 spiro atoms. The largest absolute Gasteiger partial charge is 0.381 e. The summed E-state index contributed by atoms with van der Waals surface area (Å²) in [6.07, 6.45) is 2.99. The van der Waals surface area contributed by atoms with Gasteiger partial charge >= 0.3 is 0 Å². The molecule has 0 amide bonds. The Morgan fingerprint density at radius 1 is 1.11 bits per heavy atom. The van der Waals surface area contributed by atoms with E-state index in [-0.39, 0.29) is 29.9 Å². The Kier molecular flexibility index (Phi) is 5.94. The fraction of sp³-hybridized carbons (Fsp3) is 0.250. The topological polar surface area (TPSA) is 97.8 Å². The summed E-state index contributed by atoms with van der Waals surface area (Å²) in [6.45, 7) is -0.668. The lowest BCUT2D eigenvalue weighted by Gasteiger charge is -2.19. The van der Waals surface area contributed by atoms with Crippen molar-refractivity contribution in [2.45, 2.75) is 12.1 Å². The number of benzene rings is 1. The minimum Gasteiger partial charge on any atom is -0.381 e. The maximum atomic E-state index is 14.8. The maximum absolute atomic E-state index is 14.8. The molecule has 3 aromatic heterocycles. The van der Waals surface area contributed by atoms with Crippen LogP contribution in [0.15, 0.2) is 48.8 Å². The average molecular weight is 498 g/mol. The Bertz CT molecular complexity index is 1410. The molecule has 8 nitrogen and oxygen atoms in total. The van der Waals surface area contributed by atoms with Crippen molar-refractivity contribution in [3.8, 4) is 22.5 Å². The van der Waals surface area contributed by atoms with Crippen molar-refractivity contribution in [2.75, 3.05) is 35.7 Å². The van der Waals surface area contributed by atoms with Gasteiger partial charge in [0.15, 0.2) is 23.1 Å². The summed E-state index contributed by atoms with van der Waals surface area (Å²) >= 11 is 0. The number of anilines is 4. The highest BCUT2D eigenvalue weighted by Crippen LogP contribution is 2.31. The Balaban J connectivity index is 1.33. The number of aryl methyl sites for hydroxylation is 1. The first-order valence-corrected chi connectivity index (χ1v) is 11.1. The van der Waals surface area contributed by atoms with Gasteiger partial charge in [0.05, 0.1) is 6.54 Å². The van der Waals surface area contributed by atoms with Gasteiger partial charge in [0, 0.05) is 54.8 Å². The lowest BCUT2D eigenvalue weighted by molar-refractivity contribution is 0.145. The fourth-order valence-corrected chi connectivity index (χ4v) is 4.07. The molecule has 1 aliphatic heterocycles. The first kappa shape index (κ1) is 23.5. The van der Waals surface area contributed by atoms with E-state index in [2.05, 4.69) is 25.4 Å². The second kappa shape index (κ2) is 9.10. The molecule has 1 unspecified atom stereocenters.